The van der Waals surface area contributed by atoms with Gasteiger partial charge in [-0.05, 0) is 50.2 Å². The molecule has 0 amide bonds. The molecule has 1 aliphatic carbocycles. The number of nitrogens with one attached hydrogen (secondary N) is 1. The quantitative estimate of drug-likeness (QED) is 0.858. The van der Waals surface area contributed by atoms with Gasteiger partial charge >= 0.3 is 0 Å². The van der Waals surface area contributed by atoms with Crippen molar-refractivity contribution in [3.63, 3.8) is 0 Å². The highest BCUT2D eigenvalue weighted by molar-refractivity contribution is 7.05. The van der Waals surface area contributed by atoms with Gasteiger partial charge in [-0.15, -0.1) is 5.10 Å². The first-order valence-corrected chi connectivity index (χ1v) is 7.12. The van der Waals surface area contributed by atoms with E-state index in [1.165, 1.54) is 37.0 Å². The first-order chi connectivity index (χ1) is 7.83. The monoisotopic (exact) mass is 239 g/mol. The van der Waals surface area contributed by atoms with Crippen molar-refractivity contribution in [3.05, 3.63) is 10.6 Å². The molecule has 0 bridgehead atoms. The number of hydrogen-bond acceptors (Lipinski definition) is 4. The zero-order valence-corrected chi connectivity index (χ0v) is 11.0. The highest BCUT2D eigenvalue weighted by Crippen LogP contribution is 2.37. The van der Waals surface area contributed by atoms with Gasteiger partial charge in [-0.2, -0.15) is 0 Å². The van der Waals surface area contributed by atoms with Crippen LogP contribution in [-0.4, -0.2) is 16.1 Å². The summed E-state index contributed by atoms with van der Waals surface area (Å²) < 4.78 is 4.07. The lowest BCUT2D eigenvalue weighted by molar-refractivity contribution is 0.371. The van der Waals surface area contributed by atoms with Crippen LogP contribution < -0.4 is 5.32 Å². The van der Waals surface area contributed by atoms with Crippen LogP contribution in [0.3, 0.4) is 0 Å². The van der Waals surface area contributed by atoms with Crippen LogP contribution in [0.2, 0.25) is 0 Å². The Morgan fingerprint density at radius 2 is 2.19 bits per heavy atom. The Balaban J connectivity index is 2.10. The third kappa shape index (κ3) is 2.61. The summed E-state index contributed by atoms with van der Waals surface area (Å²) in [6, 6.07) is 0.502. The summed E-state index contributed by atoms with van der Waals surface area (Å²) in [6.45, 7) is 5.39. The van der Waals surface area contributed by atoms with Gasteiger partial charge in [-0.3, -0.25) is 0 Å². The Kier molecular flexibility index (Phi) is 4.29. The summed E-state index contributed by atoms with van der Waals surface area (Å²) in [5.74, 6) is 0.799. The number of nitrogens with zero attached hydrogens (tertiary/aromatic N) is 2. The predicted octanol–water partition coefficient (Wildman–Crippen LogP) is 3.08. The van der Waals surface area contributed by atoms with Crippen molar-refractivity contribution in [2.75, 3.05) is 6.54 Å². The summed E-state index contributed by atoms with van der Waals surface area (Å²) in [7, 11) is 0. The standard InChI is InChI=1S/C12H21N3S/c1-3-8-13-11(10-6-4-5-7-10)12-9(2)14-15-16-12/h10-11,13H,3-8H2,1-2H3. The largest absolute Gasteiger partial charge is 0.309 e. The number of aromatic nitrogens is 2. The van der Waals surface area contributed by atoms with Crippen molar-refractivity contribution in [1.82, 2.24) is 14.9 Å². The molecular formula is C12H21N3S. The maximum Gasteiger partial charge on any atom is 0.0772 e. The first-order valence-electron chi connectivity index (χ1n) is 6.35. The molecule has 1 fully saturated rings. The molecule has 1 aromatic heterocycles. The first kappa shape index (κ1) is 12.0. The Hall–Kier alpha value is -0.480. The Morgan fingerprint density at radius 1 is 1.44 bits per heavy atom. The molecule has 0 radical (unpaired) electrons. The van der Waals surface area contributed by atoms with E-state index >= 15 is 0 Å². The average molecular weight is 239 g/mol. The molecule has 90 valence electrons. The second-order valence-electron chi connectivity index (χ2n) is 4.70. The Morgan fingerprint density at radius 3 is 2.75 bits per heavy atom. The SMILES string of the molecule is CCCNC(c1snnc1C)C1CCCC1. The molecule has 16 heavy (non-hydrogen) atoms. The van der Waals surface area contributed by atoms with Crippen molar-refractivity contribution < 1.29 is 0 Å². The minimum atomic E-state index is 0.502. The molecule has 0 spiro atoms. The molecule has 1 atom stereocenters. The molecule has 2 rings (SSSR count). The Bertz CT molecular complexity index is 318. The summed E-state index contributed by atoms with van der Waals surface area (Å²) in [4.78, 5) is 1.36. The minimum Gasteiger partial charge on any atom is -0.309 e. The van der Waals surface area contributed by atoms with Crippen molar-refractivity contribution in [1.29, 1.82) is 0 Å². The fourth-order valence-corrected chi connectivity index (χ4v) is 3.40. The lowest BCUT2D eigenvalue weighted by atomic mass is 9.96. The normalized spacial score (nSPS) is 19.1. The van der Waals surface area contributed by atoms with Crippen molar-refractivity contribution in [3.8, 4) is 0 Å². The highest BCUT2D eigenvalue weighted by atomic mass is 32.1. The zero-order chi connectivity index (χ0) is 11.4. The molecule has 3 nitrogen and oxygen atoms in total. The van der Waals surface area contributed by atoms with E-state index in [2.05, 4.69) is 28.8 Å². The maximum atomic E-state index is 4.15. The van der Waals surface area contributed by atoms with Gasteiger partial charge in [-0.25, -0.2) is 0 Å². The van der Waals surface area contributed by atoms with E-state index < -0.39 is 0 Å². The van der Waals surface area contributed by atoms with Crippen LogP contribution in [0.5, 0.6) is 0 Å². The predicted molar refractivity (Wildman–Crippen MR) is 67.6 cm³/mol. The van der Waals surface area contributed by atoms with Gasteiger partial charge in [0, 0.05) is 6.04 Å². The van der Waals surface area contributed by atoms with Crippen LogP contribution in [0.25, 0.3) is 0 Å². The maximum absolute atomic E-state index is 4.15. The third-order valence-corrected chi connectivity index (χ3v) is 4.36. The molecule has 1 heterocycles. The second-order valence-corrected chi connectivity index (χ2v) is 5.48. The molecule has 0 aliphatic heterocycles. The van der Waals surface area contributed by atoms with Gasteiger partial charge in [0.1, 0.15) is 0 Å². The summed E-state index contributed by atoms with van der Waals surface area (Å²) in [5.41, 5.74) is 1.12. The van der Waals surface area contributed by atoms with Crippen LogP contribution >= 0.6 is 11.5 Å². The van der Waals surface area contributed by atoms with Gasteiger partial charge in [0.15, 0.2) is 0 Å². The van der Waals surface area contributed by atoms with Crippen LogP contribution in [0.4, 0.5) is 0 Å². The van der Waals surface area contributed by atoms with Gasteiger partial charge in [-0.1, -0.05) is 24.3 Å². The lowest BCUT2D eigenvalue weighted by Crippen LogP contribution is -2.27. The van der Waals surface area contributed by atoms with Crippen LogP contribution in [-0.2, 0) is 0 Å². The topological polar surface area (TPSA) is 37.8 Å². The van der Waals surface area contributed by atoms with Gasteiger partial charge in [0.2, 0.25) is 0 Å². The molecule has 1 saturated carbocycles. The molecule has 0 saturated heterocycles. The average Bonchev–Trinajstić information content (AvgIpc) is 2.91. The van der Waals surface area contributed by atoms with Gasteiger partial charge in [0.05, 0.1) is 10.6 Å². The van der Waals surface area contributed by atoms with Crippen LogP contribution in [0, 0.1) is 12.8 Å². The van der Waals surface area contributed by atoms with Gasteiger partial charge < -0.3 is 5.32 Å². The van der Waals surface area contributed by atoms with Gasteiger partial charge in [0.25, 0.3) is 0 Å². The molecule has 1 aliphatic rings. The smallest absolute Gasteiger partial charge is 0.0772 e. The second kappa shape index (κ2) is 5.73. The number of hydrogen-bond donors (Lipinski definition) is 1. The minimum absolute atomic E-state index is 0.502. The summed E-state index contributed by atoms with van der Waals surface area (Å²) in [5, 5.41) is 7.83. The van der Waals surface area contributed by atoms with Crippen molar-refractivity contribution in [2.45, 2.75) is 52.0 Å². The lowest BCUT2D eigenvalue weighted by Gasteiger charge is -2.23. The fourth-order valence-electron chi connectivity index (χ4n) is 2.59. The molecular weight excluding hydrogens is 218 g/mol. The zero-order valence-electron chi connectivity index (χ0n) is 10.2. The highest BCUT2D eigenvalue weighted by Gasteiger charge is 2.28. The van der Waals surface area contributed by atoms with Crippen molar-refractivity contribution in [2.24, 2.45) is 5.92 Å². The summed E-state index contributed by atoms with van der Waals surface area (Å²) in [6.07, 6.45) is 6.69. The molecule has 1 aromatic rings. The van der Waals surface area contributed by atoms with E-state index in [1.807, 2.05) is 0 Å². The van der Waals surface area contributed by atoms with E-state index in [0.29, 0.717) is 6.04 Å². The number of rotatable bonds is 5. The molecule has 1 N–H and O–H groups in total. The van der Waals surface area contributed by atoms with Crippen LogP contribution in [0.1, 0.15) is 55.6 Å². The van der Waals surface area contributed by atoms with E-state index in [-0.39, 0.29) is 0 Å². The molecule has 4 heteroatoms. The van der Waals surface area contributed by atoms with Crippen LogP contribution in [0.15, 0.2) is 0 Å². The van der Waals surface area contributed by atoms with E-state index in [1.54, 1.807) is 11.5 Å². The van der Waals surface area contributed by atoms with E-state index in [4.69, 9.17) is 0 Å². The fraction of sp³-hybridized carbons (Fsp3) is 0.833. The molecule has 0 aromatic carbocycles. The summed E-state index contributed by atoms with van der Waals surface area (Å²) >= 11 is 1.57. The number of aryl methyl sites for hydroxylation is 1. The van der Waals surface area contributed by atoms with E-state index in [0.717, 1.165) is 18.2 Å². The van der Waals surface area contributed by atoms with E-state index in [9.17, 15) is 0 Å². The third-order valence-electron chi connectivity index (χ3n) is 3.45. The van der Waals surface area contributed by atoms with Crippen molar-refractivity contribution >= 4 is 11.5 Å². The Labute approximate surface area is 102 Å². The molecule has 1 unspecified atom stereocenters.